The summed E-state index contributed by atoms with van der Waals surface area (Å²) >= 11 is 2.10. The van der Waals surface area contributed by atoms with E-state index in [1.165, 1.54) is 55.7 Å². The summed E-state index contributed by atoms with van der Waals surface area (Å²) in [6.07, 6.45) is 6.34. The highest BCUT2D eigenvalue weighted by molar-refractivity contribution is 8.00. The summed E-state index contributed by atoms with van der Waals surface area (Å²) in [4.78, 5) is 2.67. The van der Waals surface area contributed by atoms with Crippen molar-refractivity contribution >= 4 is 17.4 Å². The molecule has 3 rings (SSSR count). The maximum absolute atomic E-state index is 6.31. The predicted octanol–water partition coefficient (Wildman–Crippen LogP) is 3.44. The average Bonchev–Trinajstić information content (AvgIpc) is 2.71. The van der Waals surface area contributed by atoms with Crippen LogP contribution in [-0.2, 0) is 6.42 Å². The fourth-order valence-corrected chi connectivity index (χ4v) is 5.20. The molecule has 0 amide bonds. The molecule has 1 fully saturated rings. The average molecular weight is 290 g/mol. The Kier molecular flexibility index (Phi) is 4.27. The van der Waals surface area contributed by atoms with Gasteiger partial charge in [-0.05, 0) is 49.5 Å². The minimum Gasteiger partial charge on any atom is -0.363 e. The van der Waals surface area contributed by atoms with Crippen LogP contribution in [0.2, 0.25) is 0 Å². The third kappa shape index (κ3) is 2.35. The molecule has 2 nitrogen and oxygen atoms in total. The normalized spacial score (nSPS) is 30.7. The van der Waals surface area contributed by atoms with Crippen LogP contribution in [0.15, 0.2) is 24.3 Å². The van der Waals surface area contributed by atoms with Crippen LogP contribution >= 0.6 is 11.8 Å². The van der Waals surface area contributed by atoms with Gasteiger partial charge >= 0.3 is 0 Å². The number of nitrogens with two attached hydrogens (primary N) is 1. The Morgan fingerprint density at radius 1 is 1.30 bits per heavy atom. The Hall–Kier alpha value is -0.670. The number of anilines is 1. The van der Waals surface area contributed by atoms with E-state index >= 15 is 0 Å². The monoisotopic (exact) mass is 290 g/mol. The molecule has 110 valence electrons. The molecule has 20 heavy (non-hydrogen) atoms. The number of fused-ring (bicyclic) bond motifs is 1. The van der Waals surface area contributed by atoms with Crippen molar-refractivity contribution in [3.05, 3.63) is 29.8 Å². The second kappa shape index (κ2) is 5.98. The number of hydrogen-bond donors (Lipinski definition) is 1. The minimum absolute atomic E-state index is 0.156. The Labute approximate surface area is 127 Å². The smallest absolute Gasteiger partial charge is 0.0639 e. The number of rotatable bonds is 2. The number of nitrogens with zero attached hydrogens (tertiary/aromatic N) is 1. The third-order valence-corrected chi connectivity index (χ3v) is 6.59. The van der Waals surface area contributed by atoms with Crippen molar-refractivity contribution < 1.29 is 0 Å². The van der Waals surface area contributed by atoms with Gasteiger partial charge in [-0.25, -0.2) is 0 Å². The summed E-state index contributed by atoms with van der Waals surface area (Å²) in [6.45, 7) is 4.32. The zero-order valence-electron chi connectivity index (χ0n) is 12.5. The second-order valence-corrected chi connectivity index (χ2v) is 7.61. The van der Waals surface area contributed by atoms with Crippen molar-refractivity contribution in [3.8, 4) is 0 Å². The van der Waals surface area contributed by atoms with E-state index in [1.54, 1.807) is 0 Å². The van der Waals surface area contributed by atoms with Crippen molar-refractivity contribution in [2.24, 2.45) is 5.73 Å². The molecule has 0 aromatic heterocycles. The molecule has 2 atom stereocenters. The number of thioether (sulfide) groups is 1. The van der Waals surface area contributed by atoms with Crippen LogP contribution in [0.3, 0.4) is 0 Å². The highest BCUT2D eigenvalue weighted by Gasteiger charge is 2.43. The van der Waals surface area contributed by atoms with Gasteiger partial charge in [0.2, 0.25) is 0 Å². The van der Waals surface area contributed by atoms with Crippen LogP contribution in [0.4, 0.5) is 5.69 Å². The van der Waals surface area contributed by atoms with Crippen molar-refractivity contribution in [3.63, 3.8) is 0 Å². The first-order chi connectivity index (χ1) is 9.78. The van der Waals surface area contributed by atoms with Gasteiger partial charge in [0, 0.05) is 24.0 Å². The van der Waals surface area contributed by atoms with Crippen LogP contribution in [-0.4, -0.2) is 29.6 Å². The zero-order chi connectivity index (χ0) is 14.0. The van der Waals surface area contributed by atoms with Gasteiger partial charge < -0.3 is 10.6 Å². The largest absolute Gasteiger partial charge is 0.363 e. The molecule has 2 N–H and O–H groups in total. The van der Waals surface area contributed by atoms with Gasteiger partial charge in [-0.15, -0.1) is 0 Å². The number of aryl methyl sites for hydroxylation is 1. The second-order valence-electron chi connectivity index (χ2n) is 6.16. The first-order valence-electron chi connectivity index (χ1n) is 7.95. The topological polar surface area (TPSA) is 29.3 Å². The van der Waals surface area contributed by atoms with E-state index in [0.717, 1.165) is 6.54 Å². The molecule has 0 aliphatic carbocycles. The van der Waals surface area contributed by atoms with Crippen LogP contribution < -0.4 is 10.6 Å². The fourth-order valence-electron chi connectivity index (χ4n) is 3.88. The van der Waals surface area contributed by atoms with Crippen molar-refractivity contribution in [1.82, 2.24) is 0 Å². The van der Waals surface area contributed by atoms with Gasteiger partial charge in [0.1, 0.15) is 0 Å². The van der Waals surface area contributed by atoms with Gasteiger partial charge in [-0.2, -0.15) is 11.8 Å². The zero-order valence-corrected chi connectivity index (χ0v) is 13.3. The van der Waals surface area contributed by atoms with Gasteiger partial charge in [0.05, 0.1) is 5.54 Å². The van der Waals surface area contributed by atoms with Crippen LogP contribution in [0.1, 0.15) is 38.2 Å². The lowest BCUT2D eigenvalue weighted by molar-refractivity contribution is 0.350. The molecule has 0 bridgehead atoms. The van der Waals surface area contributed by atoms with E-state index in [-0.39, 0.29) is 5.54 Å². The van der Waals surface area contributed by atoms with Crippen molar-refractivity contribution in [1.29, 1.82) is 0 Å². The molecule has 1 aromatic rings. The Balaban J connectivity index is 2.02. The molecule has 0 radical (unpaired) electrons. The lowest BCUT2D eigenvalue weighted by Crippen LogP contribution is -2.61. The molecule has 2 aliphatic rings. The molecule has 2 aliphatic heterocycles. The van der Waals surface area contributed by atoms with Crippen LogP contribution in [0.5, 0.6) is 0 Å². The molecule has 0 spiro atoms. The summed E-state index contributed by atoms with van der Waals surface area (Å²) in [7, 11) is 0. The molecule has 3 heteroatoms. The van der Waals surface area contributed by atoms with Gasteiger partial charge in [0.15, 0.2) is 0 Å². The predicted molar refractivity (Wildman–Crippen MR) is 89.7 cm³/mol. The van der Waals surface area contributed by atoms with Crippen molar-refractivity contribution in [2.75, 3.05) is 23.7 Å². The van der Waals surface area contributed by atoms with E-state index in [0.29, 0.717) is 5.25 Å². The van der Waals surface area contributed by atoms with E-state index in [4.69, 9.17) is 5.73 Å². The number of hydrogen-bond acceptors (Lipinski definition) is 3. The summed E-state index contributed by atoms with van der Waals surface area (Å²) in [5.41, 5.74) is 9.43. The highest BCUT2D eigenvalue weighted by atomic mass is 32.2. The maximum Gasteiger partial charge on any atom is 0.0639 e. The SMILES string of the molecule is CC1SCCCC1(CN)N1CCCCc2ccccc21. The fraction of sp³-hybridized carbons (Fsp3) is 0.647. The molecular formula is C17H26N2S. The summed E-state index contributed by atoms with van der Waals surface area (Å²) in [5.74, 6) is 1.29. The first kappa shape index (κ1) is 14.3. The number of para-hydroxylation sites is 1. The van der Waals surface area contributed by atoms with Crippen LogP contribution in [0.25, 0.3) is 0 Å². The highest BCUT2D eigenvalue weighted by Crippen LogP contribution is 2.42. The summed E-state index contributed by atoms with van der Waals surface area (Å²) < 4.78 is 0. The Morgan fingerprint density at radius 3 is 2.95 bits per heavy atom. The maximum atomic E-state index is 6.31. The van der Waals surface area contributed by atoms with Crippen LogP contribution in [0, 0.1) is 0 Å². The first-order valence-corrected chi connectivity index (χ1v) is 9.00. The Morgan fingerprint density at radius 2 is 2.15 bits per heavy atom. The van der Waals surface area contributed by atoms with Crippen molar-refractivity contribution in [2.45, 2.75) is 49.8 Å². The molecule has 1 saturated heterocycles. The van der Waals surface area contributed by atoms with Gasteiger partial charge in [-0.3, -0.25) is 0 Å². The molecule has 2 heterocycles. The quantitative estimate of drug-likeness (QED) is 0.904. The molecule has 2 unspecified atom stereocenters. The third-order valence-electron chi connectivity index (χ3n) is 5.13. The minimum atomic E-state index is 0.156. The lowest BCUT2D eigenvalue weighted by atomic mass is 9.86. The van der Waals surface area contributed by atoms with E-state index in [9.17, 15) is 0 Å². The summed E-state index contributed by atoms with van der Waals surface area (Å²) in [6, 6.07) is 8.97. The van der Waals surface area contributed by atoms with E-state index in [1.807, 2.05) is 0 Å². The molecule has 0 saturated carbocycles. The summed E-state index contributed by atoms with van der Waals surface area (Å²) in [5, 5.41) is 0.618. The van der Waals surface area contributed by atoms with E-state index in [2.05, 4.69) is 47.9 Å². The van der Waals surface area contributed by atoms with Gasteiger partial charge in [0.25, 0.3) is 0 Å². The standard InChI is InChI=1S/C17H26N2S/c1-14-17(13-18,10-6-12-20-14)19-11-5-4-8-15-7-2-3-9-16(15)19/h2-3,7,9,14H,4-6,8,10-13,18H2,1H3. The lowest BCUT2D eigenvalue weighted by Gasteiger charge is -2.51. The van der Waals surface area contributed by atoms with Gasteiger partial charge in [-0.1, -0.05) is 25.1 Å². The van der Waals surface area contributed by atoms with E-state index < -0.39 is 0 Å². The molecule has 1 aromatic carbocycles. The number of benzene rings is 1. The molecular weight excluding hydrogens is 264 g/mol. The Bertz CT molecular complexity index is 462.